The van der Waals surface area contributed by atoms with E-state index in [0.29, 0.717) is 6.10 Å². The number of ether oxygens (including phenoxy) is 1. The van der Waals surface area contributed by atoms with Crippen LogP contribution in [0.2, 0.25) is 0 Å². The van der Waals surface area contributed by atoms with E-state index in [2.05, 4.69) is 5.32 Å². The summed E-state index contributed by atoms with van der Waals surface area (Å²) < 4.78 is 5.59. The number of amides is 1. The largest absolute Gasteiger partial charge is 0.377 e. The summed E-state index contributed by atoms with van der Waals surface area (Å²) in [6.07, 6.45) is 2.69. The van der Waals surface area contributed by atoms with E-state index in [1.165, 1.54) is 6.42 Å². The van der Waals surface area contributed by atoms with E-state index in [1.807, 2.05) is 18.2 Å². The van der Waals surface area contributed by atoms with E-state index in [4.69, 9.17) is 10.5 Å². The molecule has 1 fully saturated rings. The Balaban J connectivity index is 1.67. The number of carbonyl (C=O) groups is 1. The highest BCUT2D eigenvalue weighted by molar-refractivity contribution is 7.99. The van der Waals surface area contributed by atoms with E-state index >= 15 is 0 Å². The molecule has 1 amide bonds. The van der Waals surface area contributed by atoms with Gasteiger partial charge in [0.15, 0.2) is 0 Å². The maximum Gasteiger partial charge on any atom is 0.245 e. The van der Waals surface area contributed by atoms with Gasteiger partial charge in [0.05, 0.1) is 6.10 Å². The first-order valence-electron chi connectivity index (χ1n) is 6.19. The molecule has 2 unspecified atom stereocenters. The molecular weight excluding hydrogens is 248 g/mol. The van der Waals surface area contributed by atoms with Gasteiger partial charge in [-0.1, -0.05) is 6.07 Å². The monoisotopic (exact) mass is 264 g/mol. The maximum absolute atomic E-state index is 11.4. The first kappa shape index (κ1) is 12.0. The zero-order valence-electron chi connectivity index (χ0n) is 10.0. The molecule has 0 bridgehead atoms. The molecular formula is C13H16N2O2S. The van der Waals surface area contributed by atoms with Gasteiger partial charge in [0.1, 0.15) is 6.04 Å². The van der Waals surface area contributed by atoms with Gasteiger partial charge in [-0.25, -0.2) is 0 Å². The third-order valence-corrected chi connectivity index (χ3v) is 4.49. The number of hydrogen-bond donors (Lipinski definition) is 2. The molecule has 0 aromatic heterocycles. The van der Waals surface area contributed by atoms with Gasteiger partial charge in [0.2, 0.25) is 5.91 Å². The van der Waals surface area contributed by atoms with Gasteiger partial charge in [0.25, 0.3) is 0 Å². The number of fused-ring (bicyclic) bond motifs is 1. The van der Waals surface area contributed by atoms with Crippen molar-refractivity contribution in [1.29, 1.82) is 0 Å². The van der Waals surface area contributed by atoms with Crippen molar-refractivity contribution >= 4 is 23.4 Å². The van der Waals surface area contributed by atoms with Crippen LogP contribution >= 0.6 is 11.8 Å². The van der Waals surface area contributed by atoms with Crippen molar-refractivity contribution in [2.45, 2.75) is 29.9 Å². The highest BCUT2D eigenvalue weighted by Crippen LogP contribution is 2.33. The summed E-state index contributed by atoms with van der Waals surface area (Å²) in [4.78, 5) is 12.6. The molecule has 3 rings (SSSR count). The van der Waals surface area contributed by atoms with Crippen LogP contribution in [0.5, 0.6) is 0 Å². The fourth-order valence-corrected chi connectivity index (χ4v) is 3.33. The van der Waals surface area contributed by atoms with Crippen molar-refractivity contribution in [3.8, 4) is 0 Å². The summed E-state index contributed by atoms with van der Waals surface area (Å²) in [6, 6.07) is 5.45. The molecule has 4 nitrogen and oxygen atoms in total. The predicted molar refractivity (Wildman–Crippen MR) is 71.7 cm³/mol. The molecule has 1 aromatic rings. The molecule has 2 heterocycles. The van der Waals surface area contributed by atoms with Crippen LogP contribution in [0.3, 0.4) is 0 Å². The lowest BCUT2D eigenvalue weighted by Crippen LogP contribution is -2.19. The molecule has 0 saturated carbocycles. The fraction of sp³-hybridized carbons (Fsp3) is 0.462. The van der Waals surface area contributed by atoms with Crippen LogP contribution in [0.15, 0.2) is 23.1 Å². The fourth-order valence-electron chi connectivity index (χ4n) is 2.32. The molecule has 2 aliphatic rings. The Labute approximate surface area is 110 Å². The molecule has 5 heteroatoms. The second-order valence-corrected chi connectivity index (χ2v) is 5.76. The molecule has 96 valence electrons. The Morgan fingerprint density at radius 1 is 1.50 bits per heavy atom. The number of carbonyl (C=O) groups excluding carboxylic acids is 1. The number of nitrogens with two attached hydrogens (primary N) is 1. The standard InChI is InChI=1S/C13H16N2O2S/c14-12-10-4-3-9(6-11(10)15-13(12)16)18-7-8-2-1-5-17-8/h3-4,6,8,12H,1-2,5,7,14H2,(H,15,16). The van der Waals surface area contributed by atoms with Gasteiger partial charge in [0, 0.05) is 28.5 Å². The number of anilines is 1. The molecule has 1 saturated heterocycles. The van der Waals surface area contributed by atoms with Crippen molar-refractivity contribution in [3.05, 3.63) is 23.8 Å². The molecule has 0 aliphatic carbocycles. The van der Waals surface area contributed by atoms with Crippen molar-refractivity contribution < 1.29 is 9.53 Å². The number of rotatable bonds is 3. The summed E-state index contributed by atoms with van der Waals surface area (Å²) in [7, 11) is 0. The molecule has 2 aliphatic heterocycles. The number of hydrogen-bond acceptors (Lipinski definition) is 4. The maximum atomic E-state index is 11.4. The first-order chi connectivity index (χ1) is 8.74. The van der Waals surface area contributed by atoms with Crippen molar-refractivity contribution in [2.24, 2.45) is 5.73 Å². The Morgan fingerprint density at radius 3 is 3.17 bits per heavy atom. The Morgan fingerprint density at radius 2 is 2.39 bits per heavy atom. The summed E-state index contributed by atoms with van der Waals surface area (Å²) in [6.45, 7) is 0.889. The van der Waals surface area contributed by atoms with Crippen molar-refractivity contribution in [3.63, 3.8) is 0 Å². The molecule has 2 atom stereocenters. The molecule has 3 N–H and O–H groups in total. The average molecular weight is 264 g/mol. The van der Waals surface area contributed by atoms with Gasteiger partial charge in [-0.2, -0.15) is 0 Å². The summed E-state index contributed by atoms with van der Waals surface area (Å²) >= 11 is 1.77. The van der Waals surface area contributed by atoms with E-state index in [1.54, 1.807) is 11.8 Å². The minimum absolute atomic E-state index is 0.119. The van der Waals surface area contributed by atoms with Crippen LogP contribution in [-0.4, -0.2) is 24.4 Å². The molecule has 1 aromatic carbocycles. The zero-order valence-corrected chi connectivity index (χ0v) is 10.8. The summed E-state index contributed by atoms with van der Waals surface area (Å²) in [5.74, 6) is 0.852. The zero-order chi connectivity index (χ0) is 12.5. The smallest absolute Gasteiger partial charge is 0.245 e. The van der Waals surface area contributed by atoms with Crippen LogP contribution in [0, 0.1) is 0 Å². The molecule has 0 radical (unpaired) electrons. The van der Waals surface area contributed by atoms with Gasteiger partial charge in [-0.15, -0.1) is 11.8 Å². The third kappa shape index (κ3) is 2.25. The quantitative estimate of drug-likeness (QED) is 0.819. The SMILES string of the molecule is NC1C(=O)Nc2cc(SCC3CCCO3)ccc21. The molecule has 18 heavy (non-hydrogen) atoms. The minimum atomic E-state index is -0.516. The van der Waals surface area contributed by atoms with Crippen molar-refractivity contribution in [2.75, 3.05) is 17.7 Å². The Hall–Kier alpha value is -1.04. The van der Waals surface area contributed by atoms with Gasteiger partial charge in [-0.3, -0.25) is 4.79 Å². The Kier molecular flexibility index (Phi) is 3.28. The van der Waals surface area contributed by atoms with Gasteiger partial charge < -0.3 is 15.8 Å². The van der Waals surface area contributed by atoms with Crippen LogP contribution < -0.4 is 11.1 Å². The second-order valence-electron chi connectivity index (χ2n) is 4.66. The van der Waals surface area contributed by atoms with Gasteiger partial charge >= 0.3 is 0 Å². The normalized spacial score (nSPS) is 26.2. The van der Waals surface area contributed by atoms with Crippen molar-refractivity contribution in [1.82, 2.24) is 0 Å². The van der Waals surface area contributed by atoms with Crippen LogP contribution in [0.25, 0.3) is 0 Å². The highest BCUT2D eigenvalue weighted by Gasteiger charge is 2.27. The Bertz CT molecular complexity index is 472. The van der Waals surface area contributed by atoms with Crippen LogP contribution in [0.4, 0.5) is 5.69 Å². The average Bonchev–Trinajstić information content (AvgIpc) is 2.97. The first-order valence-corrected chi connectivity index (χ1v) is 7.17. The highest BCUT2D eigenvalue weighted by atomic mass is 32.2. The number of nitrogens with one attached hydrogen (secondary N) is 1. The predicted octanol–water partition coefficient (Wildman–Crippen LogP) is 1.91. The molecule has 0 spiro atoms. The van der Waals surface area contributed by atoms with Gasteiger partial charge in [-0.05, 0) is 25.0 Å². The van der Waals surface area contributed by atoms with E-state index in [0.717, 1.165) is 34.9 Å². The van der Waals surface area contributed by atoms with E-state index < -0.39 is 6.04 Å². The van der Waals surface area contributed by atoms with Crippen LogP contribution in [0.1, 0.15) is 24.4 Å². The van der Waals surface area contributed by atoms with E-state index in [9.17, 15) is 4.79 Å². The number of benzene rings is 1. The topological polar surface area (TPSA) is 64.4 Å². The lowest BCUT2D eigenvalue weighted by atomic mass is 10.1. The third-order valence-electron chi connectivity index (χ3n) is 3.36. The second kappa shape index (κ2) is 4.91. The summed E-state index contributed by atoms with van der Waals surface area (Å²) in [5, 5.41) is 2.81. The lowest BCUT2D eigenvalue weighted by Gasteiger charge is -2.09. The summed E-state index contributed by atoms with van der Waals surface area (Å²) in [5.41, 5.74) is 7.52. The van der Waals surface area contributed by atoms with E-state index in [-0.39, 0.29) is 5.91 Å². The number of thioether (sulfide) groups is 1. The minimum Gasteiger partial charge on any atom is -0.377 e. The van der Waals surface area contributed by atoms with Crippen LogP contribution in [-0.2, 0) is 9.53 Å². The lowest BCUT2D eigenvalue weighted by molar-refractivity contribution is -0.116.